The lowest BCUT2D eigenvalue weighted by atomic mass is 10.1. The van der Waals surface area contributed by atoms with Crippen molar-refractivity contribution in [2.24, 2.45) is 10.9 Å². The molecule has 0 bridgehead atoms. The summed E-state index contributed by atoms with van der Waals surface area (Å²) in [6, 6.07) is 5.83. The van der Waals surface area contributed by atoms with Crippen LogP contribution >= 0.6 is 11.8 Å². The first kappa shape index (κ1) is 18.5. The highest BCUT2D eigenvalue weighted by molar-refractivity contribution is 8.16. The van der Waals surface area contributed by atoms with Crippen molar-refractivity contribution in [2.75, 3.05) is 16.4 Å². The van der Waals surface area contributed by atoms with Gasteiger partial charge in [-0.2, -0.15) is 4.99 Å². The van der Waals surface area contributed by atoms with Crippen LogP contribution in [0.4, 0.5) is 5.69 Å². The van der Waals surface area contributed by atoms with Gasteiger partial charge in [-0.1, -0.05) is 37.7 Å². The van der Waals surface area contributed by atoms with Gasteiger partial charge < -0.3 is 4.90 Å². The highest BCUT2D eigenvalue weighted by Crippen LogP contribution is 2.42. The summed E-state index contributed by atoms with van der Waals surface area (Å²) in [7, 11) is -3.04. The van der Waals surface area contributed by atoms with Gasteiger partial charge in [0.05, 0.1) is 17.5 Å². The van der Waals surface area contributed by atoms with Crippen LogP contribution in [0.5, 0.6) is 0 Å². The maximum atomic E-state index is 12.2. The Balaban J connectivity index is 2.02. The molecule has 0 aliphatic carbocycles. The van der Waals surface area contributed by atoms with Crippen LogP contribution in [0.3, 0.4) is 0 Å². The topological polar surface area (TPSA) is 66.8 Å². The lowest BCUT2D eigenvalue weighted by molar-refractivity contribution is -0.118. The van der Waals surface area contributed by atoms with Gasteiger partial charge in [-0.3, -0.25) is 4.79 Å². The fraction of sp³-hybridized carbons (Fsp3) is 0.556. The molecule has 1 aromatic rings. The Hall–Kier alpha value is -1.34. The lowest BCUT2D eigenvalue weighted by Crippen LogP contribution is -2.38. The van der Waals surface area contributed by atoms with Gasteiger partial charge in [0.1, 0.15) is 0 Å². The van der Waals surface area contributed by atoms with Gasteiger partial charge in [0, 0.05) is 17.4 Å². The average molecular weight is 381 g/mol. The second kappa shape index (κ2) is 6.76. The fourth-order valence-corrected chi connectivity index (χ4v) is 7.27. The van der Waals surface area contributed by atoms with Gasteiger partial charge >= 0.3 is 0 Å². The number of thioether (sulfide) groups is 1. The summed E-state index contributed by atoms with van der Waals surface area (Å²) in [5.41, 5.74) is 3.19. The number of sulfone groups is 1. The van der Waals surface area contributed by atoms with Crippen LogP contribution in [0.25, 0.3) is 0 Å². The zero-order valence-electron chi connectivity index (χ0n) is 15.0. The molecular formula is C18H24N2O3S2. The highest BCUT2D eigenvalue weighted by Gasteiger charge is 2.49. The predicted octanol–water partition coefficient (Wildman–Crippen LogP) is 2.95. The van der Waals surface area contributed by atoms with Gasteiger partial charge in [-0.05, 0) is 37.0 Å². The van der Waals surface area contributed by atoms with Crippen LogP contribution in [0.2, 0.25) is 0 Å². The van der Waals surface area contributed by atoms with E-state index in [9.17, 15) is 13.2 Å². The van der Waals surface area contributed by atoms with Crippen molar-refractivity contribution in [1.82, 2.24) is 0 Å². The number of benzene rings is 1. The normalized spacial score (nSPS) is 26.4. The Labute approximate surface area is 153 Å². The molecule has 25 heavy (non-hydrogen) atoms. The first-order valence-corrected chi connectivity index (χ1v) is 11.2. The zero-order valence-corrected chi connectivity index (χ0v) is 16.7. The van der Waals surface area contributed by atoms with E-state index in [4.69, 9.17) is 0 Å². The van der Waals surface area contributed by atoms with Crippen LogP contribution in [-0.2, 0) is 14.6 Å². The number of anilines is 1. The second-order valence-corrected chi connectivity index (χ2v) is 10.6. The lowest BCUT2D eigenvalue weighted by Gasteiger charge is -2.27. The molecule has 5 nitrogen and oxygen atoms in total. The van der Waals surface area contributed by atoms with Gasteiger partial charge in [0.2, 0.25) is 5.91 Å². The summed E-state index contributed by atoms with van der Waals surface area (Å²) in [6.45, 7) is 8.04. The number of hydrogen-bond donors (Lipinski definition) is 0. The minimum absolute atomic E-state index is 0.0597. The van der Waals surface area contributed by atoms with Crippen molar-refractivity contribution in [2.45, 2.75) is 45.4 Å². The van der Waals surface area contributed by atoms with E-state index >= 15 is 0 Å². The number of aliphatic imine (C=N–C) groups is 1. The molecule has 2 atom stereocenters. The monoisotopic (exact) mass is 380 g/mol. The summed E-state index contributed by atoms with van der Waals surface area (Å²) in [5.74, 6) is 0.379. The molecular weight excluding hydrogens is 356 g/mol. The van der Waals surface area contributed by atoms with Gasteiger partial charge in [0.15, 0.2) is 15.0 Å². The number of carbonyl (C=O) groups excluding carboxylic acids is 1. The number of amidine groups is 1. The highest BCUT2D eigenvalue weighted by atomic mass is 32.2. The fourth-order valence-electron chi connectivity index (χ4n) is 3.34. The molecule has 2 fully saturated rings. The summed E-state index contributed by atoms with van der Waals surface area (Å²) in [4.78, 5) is 18.6. The number of aryl methyl sites for hydroxylation is 1. The van der Waals surface area contributed by atoms with Crippen LogP contribution < -0.4 is 4.90 Å². The molecule has 7 heteroatoms. The van der Waals surface area contributed by atoms with E-state index in [1.807, 2.05) is 50.8 Å². The third-order valence-electron chi connectivity index (χ3n) is 4.71. The van der Waals surface area contributed by atoms with E-state index < -0.39 is 9.84 Å². The molecule has 2 saturated heterocycles. The molecule has 3 rings (SSSR count). The van der Waals surface area contributed by atoms with Crippen molar-refractivity contribution in [3.63, 3.8) is 0 Å². The largest absolute Gasteiger partial charge is 0.315 e. The molecule has 0 N–H and O–H groups in total. The first-order chi connectivity index (χ1) is 11.7. The van der Waals surface area contributed by atoms with Crippen molar-refractivity contribution in [3.05, 3.63) is 29.3 Å². The van der Waals surface area contributed by atoms with Crippen LogP contribution in [-0.4, -0.2) is 42.3 Å². The summed E-state index contributed by atoms with van der Waals surface area (Å²) >= 11 is 1.43. The zero-order chi connectivity index (χ0) is 18.4. The van der Waals surface area contributed by atoms with E-state index in [-0.39, 0.29) is 34.6 Å². The second-order valence-electron chi connectivity index (χ2n) is 7.28. The van der Waals surface area contributed by atoms with Crippen LogP contribution in [0.1, 0.15) is 31.4 Å². The molecule has 1 aromatic carbocycles. The SMILES string of the molecule is Cc1cccc(N2C(=NC(=O)CC(C)C)S[C@@H]3CS(=O)(=O)C[C@@H]32)c1C. The van der Waals surface area contributed by atoms with E-state index in [1.54, 1.807) is 0 Å². The molecule has 0 aromatic heterocycles. The quantitative estimate of drug-likeness (QED) is 0.806. The molecule has 136 valence electrons. The van der Waals surface area contributed by atoms with E-state index in [0.29, 0.717) is 11.6 Å². The molecule has 0 unspecified atom stereocenters. The number of carbonyl (C=O) groups is 1. The molecule has 0 radical (unpaired) electrons. The first-order valence-electron chi connectivity index (χ1n) is 8.52. The molecule has 2 aliphatic rings. The maximum absolute atomic E-state index is 12.2. The van der Waals surface area contributed by atoms with Crippen LogP contribution in [0.15, 0.2) is 23.2 Å². The smallest absolute Gasteiger partial charge is 0.248 e. The summed E-state index contributed by atoms with van der Waals surface area (Å²) in [5, 5.41) is 0.583. The Morgan fingerprint density at radius 3 is 2.72 bits per heavy atom. The maximum Gasteiger partial charge on any atom is 0.248 e. The van der Waals surface area contributed by atoms with Crippen molar-refractivity contribution < 1.29 is 13.2 Å². The number of hydrogen-bond acceptors (Lipinski definition) is 4. The van der Waals surface area contributed by atoms with Crippen molar-refractivity contribution in [1.29, 1.82) is 0 Å². The Morgan fingerprint density at radius 1 is 1.32 bits per heavy atom. The van der Waals surface area contributed by atoms with Crippen molar-refractivity contribution in [3.8, 4) is 0 Å². The molecule has 0 spiro atoms. The average Bonchev–Trinajstić information content (AvgIpc) is 2.92. The number of nitrogens with zero attached hydrogens (tertiary/aromatic N) is 2. The van der Waals surface area contributed by atoms with Gasteiger partial charge in [-0.25, -0.2) is 8.42 Å². The molecule has 0 saturated carbocycles. The van der Waals surface area contributed by atoms with E-state index in [0.717, 1.165) is 16.8 Å². The van der Waals surface area contributed by atoms with E-state index in [2.05, 4.69) is 4.99 Å². The Kier molecular flexibility index (Phi) is 4.99. The van der Waals surface area contributed by atoms with Gasteiger partial charge in [0.25, 0.3) is 0 Å². The number of fused-ring (bicyclic) bond motifs is 1. The van der Waals surface area contributed by atoms with Crippen LogP contribution in [0, 0.1) is 19.8 Å². The number of amides is 1. The minimum Gasteiger partial charge on any atom is -0.315 e. The standard InChI is InChI=1S/C18H24N2O3S2/c1-11(2)8-17(21)19-18-20(14-7-5-6-12(3)13(14)4)15-9-25(22,23)10-16(15)24-18/h5-7,11,15-16H,8-10H2,1-4H3/t15-,16+/m0/s1. The minimum atomic E-state index is -3.04. The molecule has 1 amide bonds. The van der Waals surface area contributed by atoms with Gasteiger partial charge in [-0.15, -0.1) is 0 Å². The Morgan fingerprint density at radius 2 is 2.04 bits per heavy atom. The third-order valence-corrected chi connectivity index (χ3v) is 7.92. The predicted molar refractivity (Wildman–Crippen MR) is 104 cm³/mol. The molecule has 2 aliphatic heterocycles. The Bertz CT molecular complexity index is 831. The van der Waals surface area contributed by atoms with Crippen molar-refractivity contribution >= 4 is 38.4 Å². The molecule has 2 heterocycles. The van der Waals surface area contributed by atoms with E-state index in [1.165, 1.54) is 11.8 Å². The summed E-state index contributed by atoms with van der Waals surface area (Å²) in [6.07, 6.45) is 0.401. The third kappa shape index (κ3) is 3.77. The summed E-state index contributed by atoms with van der Waals surface area (Å²) < 4.78 is 24.2. The number of rotatable bonds is 3.